The van der Waals surface area contributed by atoms with Gasteiger partial charge in [-0.15, -0.1) is 12.4 Å². The molecule has 1 aliphatic heterocycles. The van der Waals surface area contributed by atoms with Crippen LogP contribution in [0.3, 0.4) is 0 Å². The Labute approximate surface area is 138 Å². The summed E-state index contributed by atoms with van der Waals surface area (Å²) in [5.74, 6) is -0.155. The van der Waals surface area contributed by atoms with Crippen LogP contribution in [-0.2, 0) is 9.84 Å². The summed E-state index contributed by atoms with van der Waals surface area (Å²) in [6, 6.07) is 6.29. The van der Waals surface area contributed by atoms with Gasteiger partial charge in [0.1, 0.15) is 0 Å². The van der Waals surface area contributed by atoms with Gasteiger partial charge >= 0.3 is 0 Å². The highest BCUT2D eigenvalue weighted by Gasteiger charge is 2.20. The van der Waals surface area contributed by atoms with E-state index < -0.39 is 15.1 Å². The van der Waals surface area contributed by atoms with E-state index in [1.807, 2.05) is 0 Å². The lowest BCUT2D eigenvalue weighted by Gasteiger charge is -2.23. The molecule has 1 atom stereocenters. The molecule has 1 aliphatic rings. The monoisotopic (exact) mass is 346 g/mol. The molecule has 1 fully saturated rings. The second kappa shape index (κ2) is 7.94. The standard InChI is InChI=1S/C15H22N2O3S.ClH/c1-11(2)21(19,20)14-7-5-12(6-8-14)15(18)17-13-4-3-9-16-10-13;/h5-8,11,13,16H,3-4,9-10H2,1-2H3,(H,17,18);1H. The molecule has 1 aromatic carbocycles. The lowest BCUT2D eigenvalue weighted by molar-refractivity contribution is 0.0930. The molecule has 0 saturated carbocycles. The van der Waals surface area contributed by atoms with E-state index in [-0.39, 0.29) is 29.3 Å². The van der Waals surface area contributed by atoms with E-state index in [9.17, 15) is 13.2 Å². The van der Waals surface area contributed by atoms with Gasteiger partial charge in [0.2, 0.25) is 0 Å². The van der Waals surface area contributed by atoms with Gasteiger partial charge in [-0.1, -0.05) is 0 Å². The van der Waals surface area contributed by atoms with Crippen LogP contribution in [-0.4, -0.2) is 38.7 Å². The minimum atomic E-state index is -3.29. The van der Waals surface area contributed by atoms with Gasteiger partial charge in [0, 0.05) is 18.2 Å². The first kappa shape index (κ1) is 18.9. The van der Waals surface area contributed by atoms with Crippen LogP contribution >= 0.6 is 12.4 Å². The van der Waals surface area contributed by atoms with Crippen LogP contribution < -0.4 is 10.6 Å². The smallest absolute Gasteiger partial charge is 0.251 e. The minimum absolute atomic E-state index is 0. The van der Waals surface area contributed by atoms with Crippen LogP contribution in [0.1, 0.15) is 37.0 Å². The number of piperidine rings is 1. The summed E-state index contributed by atoms with van der Waals surface area (Å²) >= 11 is 0. The van der Waals surface area contributed by atoms with Crippen molar-refractivity contribution >= 4 is 28.2 Å². The van der Waals surface area contributed by atoms with Gasteiger partial charge in [-0.25, -0.2) is 8.42 Å². The molecule has 22 heavy (non-hydrogen) atoms. The van der Waals surface area contributed by atoms with E-state index >= 15 is 0 Å². The number of benzene rings is 1. The first-order chi connectivity index (χ1) is 9.91. The third-order valence-electron chi connectivity index (χ3n) is 3.70. The van der Waals surface area contributed by atoms with Gasteiger partial charge in [0.15, 0.2) is 9.84 Å². The molecule has 0 bridgehead atoms. The van der Waals surface area contributed by atoms with Gasteiger partial charge in [-0.05, 0) is 57.5 Å². The molecule has 1 amide bonds. The number of carbonyl (C=O) groups excluding carboxylic acids is 1. The summed E-state index contributed by atoms with van der Waals surface area (Å²) in [6.07, 6.45) is 2.02. The van der Waals surface area contributed by atoms with Crippen molar-refractivity contribution in [1.82, 2.24) is 10.6 Å². The number of nitrogens with one attached hydrogen (secondary N) is 2. The number of rotatable bonds is 4. The summed E-state index contributed by atoms with van der Waals surface area (Å²) in [7, 11) is -3.29. The van der Waals surface area contributed by atoms with Gasteiger partial charge < -0.3 is 10.6 Å². The molecule has 7 heteroatoms. The molecule has 1 heterocycles. The van der Waals surface area contributed by atoms with Crippen LogP contribution in [0.4, 0.5) is 0 Å². The van der Waals surface area contributed by atoms with Crippen molar-refractivity contribution in [3.05, 3.63) is 29.8 Å². The predicted molar refractivity (Wildman–Crippen MR) is 89.4 cm³/mol. The molecule has 2 rings (SSSR count). The number of amides is 1. The van der Waals surface area contributed by atoms with Crippen molar-refractivity contribution in [3.8, 4) is 0 Å². The van der Waals surface area contributed by atoms with Crippen molar-refractivity contribution < 1.29 is 13.2 Å². The third-order valence-corrected chi connectivity index (χ3v) is 5.87. The van der Waals surface area contributed by atoms with E-state index in [2.05, 4.69) is 10.6 Å². The van der Waals surface area contributed by atoms with Crippen molar-refractivity contribution in [2.45, 2.75) is 42.9 Å². The van der Waals surface area contributed by atoms with Gasteiger partial charge in [0.05, 0.1) is 10.1 Å². The highest BCUT2D eigenvalue weighted by molar-refractivity contribution is 7.92. The fourth-order valence-electron chi connectivity index (χ4n) is 2.31. The molecule has 5 nitrogen and oxygen atoms in total. The van der Waals surface area contributed by atoms with E-state index in [1.54, 1.807) is 26.0 Å². The Morgan fingerprint density at radius 2 is 1.91 bits per heavy atom. The second-order valence-electron chi connectivity index (χ2n) is 5.63. The maximum Gasteiger partial charge on any atom is 0.251 e. The zero-order valence-corrected chi connectivity index (χ0v) is 14.5. The van der Waals surface area contributed by atoms with Crippen LogP contribution in [0.15, 0.2) is 29.2 Å². The largest absolute Gasteiger partial charge is 0.348 e. The van der Waals surface area contributed by atoms with Crippen LogP contribution in [0.25, 0.3) is 0 Å². The normalized spacial score (nSPS) is 18.6. The Balaban J connectivity index is 0.00000242. The maximum absolute atomic E-state index is 12.1. The molecule has 1 aromatic rings. The first-order valence-electron chi connectivity index (χ1n) is 7.27. The Bertz CT molecular complexity index is 594. The van der Waals surface area contributed by atoms with Crippen molar-refractivity contribution in [2.75, 3.05) is 13.1 Å². The molecule has 1 unspecified atom stereocenters. The maximum atomic E-state index is 12.1. The second-order valence-corrected chi connectivity index (χ2v) is 8.14. The Hall–Kier alpha value is -1.11. The molecule has 0 aromatic heterocycles. The predicted octanol–water partition coefficient (Wildman–Crippen LogP) is 1.77. The lowest BCUT2D eigenvalue weighted by Crippen LogP contribution is -2.45. The average molecular weight is 347 g/mol. The fourth-order valence-corrected chi connectivity index (χ4v) is 3.37. The zero-order chi connectivity index (χ0) is 15.5. The number of halogens is 1. The van der Waals surface area contributed by atoms with Crippen LogP contribution in [0.5, 0.6) is 0 Å². The highest BCUT2D eigenvalue weighted by Crippen LogP contribution is 2.16. The lowest BCUT2D eigenvalue weighted by atomic mass is 10.1. The van der Waals surface area contributed by atoms with Gasteiger partial charge in [-0.2, -0.15) is 0 Å². The van der Waals surface area contributed by atoms with E-state index in [1.165, 1.54) is 12.1 Å². The van der Waals surface area contributed by atoms with Crippen LogP contribution in [0.2, 0.25) is 0 Å². The highest BCUT2D eigenvalue weighted by atomic mass is 35.5. The summed E-state index contributed by atoms with van der Waals surface area (Å²) in [6.45, 7) is 5.07. The van der Waals surface area contributed by atoms with Crippen molar-refractivity contribution in [3.63, 3.8) is 0 Å². The number of hydrogen-bond acceptors (Lipinski definition) is 4. The zero-order valence-electron chi connectivity index (χ0n) is 12.8. The third kappa shape index (κ3) is 4.44. The van der Waals surface area contributed by atoms with Crippen molar-refractivity contribution in [2.24, 2.45) is 0 Å². The molecule has 0 radical (unpaired) electrons. The number of hydrogen-bond donors (Lipinski definition) is 2. The van der Waals surface area contributed by atoms with E-state index in [4.69, 9.17) is 0 Å². The Kier molecular flexibility index (Phi) is 6.84. The van der Waals surface area contributed by atoms with Gasteiger partial charge in [0.25, 0.3) is 5.91 Å². The summed E-state index contributed by atoms with van der Waals surface area (Å²) in [5, 5.41) is 5.74. The van der Waals surface area contributed by atoms with E-state index in [0.29, 0.717) is 5.56 Å². The molecule has 0 aliphatic carbocycles. The molecule has 1 saturated heterocycles. The fraction of sp³-hybridized carbons (Fsp3) is 0.533. The van der Waals surface area contributed by atoms with E-state index in [0.717, 1.165) is 25.9 Å². The molecule has 0 spiro atoms. The molecular formula is C15H23ClN2O3S. The number of sulfone groups is 1. The Morgan fingerprint density at radius 1 is 1.27 bits per heavy atom. The molecular weight excluding hydrogens is 324 g/mol. The van der Waals surface area contributed by atoms with Crippen LogP contribution in [0, 0.1) is 0 Å². The summed E-state index contributed by atoms with van der Waals surface area (Å²) in [5.41, 5.74) is 0.489. The molecule has 2 N–H and O–H groups in total. The quantitative estimate of drug-likeness (QED) is 0.871. The topological polar surface area (TPSA) is 75.3 Å². The minimum Gasteiger partial charge on any atom is -0.348 e. The average Bonchev–Trinajstić information content (AvgIpc) is 2.48. The SMILES string of the molecule is CC(C)S(=O)(=O)c1ccc(C(=O)NC2CCCNC2)cc1.Cl. The molecule has 124 valence electrons. The summed E-state index contributed by atoms with van der Waals surface area (Å²) in [4.78, 5) is 12.4. The Morgan fingerprint density at radius 3 is 2.41 bits per heavy atom. The summed E-state index contributed by atoms with van der Waals surface area (Å²) < 4.78 is 24.0. The number of carbonyl (C=O) groups is 1. The van der Waals surface area contributed by atoms with Gasteiger partial charge in [-0.3, -0.25) is 4.79 Å². The first-order valence-corrected chi connectivity index (χ1v) is 8.81. The van der Waals surface area contributed by atoms with Crippen molar-refractivity contribution in [1.29, 1.82) is 0 Å².